The molecule has 7 heteroatoms. The van der Waals surface area contributed by atoms with Crippen molar-refractivity contribution in [1.29, 1.82) is 5.26 Å². The van der Waals surface area contributed by atoms with E-state index < -0.39 is 0 Å². The Balaban J connectivity index is 1.71. The Labute approximate surface area is 162 Å². The molecule has 0 saturated heterocycles. The van der Waals surface area contributed by atoms with Crippen LogP contribution in [-0.4, -0.2) is 29.0 Å². The summed E-state index contributed by atoms with van der Waals surface area (Å²) in [6.45, 7) is 2.63. The normalized spacial score (nSPS) is 13.3. The Morgan fingerprint density at radius 1 is 1.14 bits per heavy atom. The number of hydrogen-bond acceptors (Lipinski definition) is 6. The first-order valence-electron chi connectivity index (χ1n) is 8.75. The van der Waals surface area contributed by atoms with E-state index in [4.69, 9.17) is 10.5 Å². The van der Waals surface area contributed by atoms with Gasteiger partial charge >= 0.3 is 0 Å². The molecule has 1 aliphatic heterocycles. The maximum absolute atomic E-state index is 13.0. The number of ether oxygens (including phenoxy) is 1. The second-order valence-electron chi connectivity index (χ2n) is 6.40. The average Bonchev–Trinajstić information content (AvgIpc) is 2.87. The third-order valence-corrected chi connectivity index (χ3v) is 4.72. The predicted octanol–water partition coefficient (Wildman–Crippen LogP) is 2.95. The molecule has 0 atom stereocenters. The van der Waals surface area contributed by atoms with Crippen molar-refractivity contribution in [3.8, 4) is 23.1 Å². The second kappa shape index (κ2) is 7.00. The SMILES string of the molecule is Cc1cccc(C#N)c1-c1ccc(N2CCOc3ncnc(N)c3C2=O)cc1. The highest BCUT2D eigenvalue weighted by Crippen LogP contribution is 2.31. The van der Waals surface area contributed by atoms with Crippen LogP contribution in [0.25, 0.3) is 11.1 Å². The molecule has 2 N–H and O–H groups in total. The van der Waals surface area contributed by atoms with Gasteiger partial charge in [0.25, 0.3) is 5.91 Å². The molecule has 0 radical (unpaired) electrons. The van der Waals surface area contributed by atoms with Crippen molar-refractivity contribution in [1.82, 2.24) is 9.97 Å². The monoisotopic (exact) mass is 371 g/mol. The van der Waals surface area contributed by atoms with Gasteiger partial charge in [-0.2, -0.15) is 5.26 Å². The second-order valence-corrected chi connectivity index (χ2v) is 6.40. The number of nitrogens with zero attached hydrogens (tertiary/aromatic N) is 4. The molecule has 3 aromatic rings. The number of nitriles is 1. The molecule has 4 rings (SSSR count). The number of anilines is 2. The van der Waals surface area contributed by atoms with Gasteiger partial charge in [-0.05, 0) is 36.2 Å². The molecule has 28 heavy (non-hydrogen) atoms. The van der Waals surface area contributed by atoms with Crippen molar-refractivity contribution < 1.29 is 9.53 Å². The predicted molar refractivity (Wildman–Crippen MR) is 105 cm³/mol. The minimum absolute atomic E-state index is 0.0945. The van der Waals surface area contributed by atoms with E-state index in [2.05, 4.69) is 16.0 Å². The average molecular weight is 371 g/mol. The molecular weight excluding hydrogens is 354 g/mol. The van der Waals surface area contributed by atoms with Crippen LogP contribution in [0.2, 0.25) is 0 Å². The minimum Gasteiger partial charge on any atom is -0.475 e. The molecule has 0 fully saturated rings. The van der Waals surface area contributed by atoms with Crippen molar-refractivity contribution in [3.05, 3.63) is 65.5 Å². The van der Waals surface area contributed by atoms with Gasteiger partial charge in [0.05, 0.1) is 18.2 Å². The van der Waals surface area contributed by atoms with Gasteiger partial charge in [0.2, 0.25) is 5.88 Å². The fraction of sp³-hybridized carbons (Fsp3) is 0.143. The number of nitrogens with two attached hydrogens (primary N) is 1. The number of hydrogen-bond donors (Lipinski definition) is 1. The summed E-state index contributed by atoms with van der Waals surface area (Å²) in [6, 6.07) is 15.4. The molecule has 0 saturated carbocycles. The highest BCUT2D eigenvalue weighted by atomic mass is 16.5. The molecular formula is C21H17N5O2. The van der Waals surface area contributed by atoms with Crippen molar-refractivity contribution >= 4 is 17.4 Å². The fourth-order valence-electron chi connectivity index (χ4n) is 3.36. The molecule has 0 unspecified atom stereocenters. The first-order valence-corrected chi connectivity index (χ1v) is 8.75. The van der Waals surface area contributed by atoms with E-state index in [1.54, 1.807) is 11.0 Å². The molecule has 2 aromatic carbocycles. The molecule has 138 valence electrons. The minimum atomic E-state index is -0.299. The number of aryl methyl sites for hydroxylation is 1. The summed E-state index contributed by atoms with van der Waals surface area (Å²) in [5, 5.41) is 9.41. The van der Waals surface area contributed by atoms with Gasteiger partial charge in [0.1, 0.15) is 24.3 Å². The molecule has 1 amide bonds. The number of amides is 1. The lowest BCUT2D eigenvalue weighted by atomic mass is 9.95. The first-order chi connectivity index (χ1) is 13.6. The van der Waals surface area contributed by atoms with Crippen LogP contribution in [0.1, 0.15) is 21.5 Å². The molecule has 0 spiro atoms. The smallest absolute Gasteiger partial charge is 0.267 e. The zero-order valence-electron chi connectivity index (χ0n) is 15.2. The summed E-state index contributed by atoms with van der Waals surface area (Å²) in [5.74, 6) is -0.000703. The summed E-state index contributed by atoms with van der Waals surface area (Å²) in [6.07, 6.45) is 1.28. The molecule has 0 bridgehead atoms. The van der Waals surface area contributed by atoms with Gasteiger partial charge in [0, 0.05) is 11.3 Å². The maximum atomic E-state index is 13.0. The van der Waals surface area contributed by atoms with E-state index in [1.807, 2.05) is 43.3 Å². The standard InChI is InChI=1S/C21H17N5O2/c1-13-3-2-4-15(11-22)17(13)14-5-7-16(8-6-14)26-9-10-28-20-18(21(26)27)19(23)24-12-25-20/h2-8,12H,9-10H2,1H3,(H2,23,24,25). The zero-order valence-corrected chi connectivity index (χ0v) is 15.2. The van der Waals surface area contributed by atoms with Crippen molar-refractivity contribution in [3.63, 3.8) is 0 Å². The number of fused-ring (bicyclic) bond motifs is 1. The van der Waals surface area contributed by atoms with E-state index in [0.29, 0.717) is 24.4 Å². The van der Waals surface area contributed by atoms with Crippen LogP contribution in [0.15, 0.2) is 48.8 Å². The summed E-state index contributed by atoms with van der Waals surface area (Å²) in [7, 11) is 0. The maximum Gasteiger partial charge on any atom is 0.267 e. The third kappa shape index (κ3) is 2.91. The van der Waals surface area contributed by atoms with Crippen LogP contribution in [0.4, 0.5) is 11.5 Å². The number of rotatable bonds is 2. The topological polar surface area (TPSA) is 105 Å². The summed E-state index contributed by atoms with van der Waals surface area (Å²) in [5.41, 5.74) is 10.2. The van der Waals surface area contributed by atoms with E-state index in [-0.39, 0.29) is 23.2 Å². The Kier molecular flexibility index (Phi) is 4.38. The number of aromatic nitrogens is 2. The van der Waals surface area contributed by atoms with Crippen molar-refractivity contribution in [2.75, 3.05) is 23.8 Å². The molecule has 1 aliphatic rings. The molecule has 2 heterocycles. The molecule has 0 aliphatic carbocycles. The lowest BCUT2D eigenvalue weighted by Crippen LogP contribution is -2.32. The van der Waals surface area contributed by atoms with Gasteiger partial charge in [-0.25, -0.2) is 9.97 Å². The fourth-order valence-corrected chi connectivity index (χ4v) is 3.36. The van der Waals surface area contributed by atoms with Crippen molar-refractivity contribution in [2.24, 2.45) is 0 Å². The van der Waals surface area contributed by atoms with Crippen LogP contribution in [0.5, 0.6) is 5.88 Å². The summed E-state index contributed by atoms with van der Waals surface area (Å²) in [4.78, 5) is 22.5. The van der Waals surface area contributed by atoms with Crippen LogP contribution in [0, 0.1) is 18.3 Å². The lowest BCUT2D eigenvalue weighted by Gasteiger charge is -2.20. The Hall–Kier alpha value is -3.92. The van der Waals surface area contributed by atoms with E-state index in [9.17, 15) is 10.1 Å². The Bertz CT molecular complexity index is 1100. The summed E-state index contributed by atoms with van der Waals surface area (Å²) >= 11 is 0. The van der Waals surface area contributed by atoms with Crippen LogP contribution < -0.4 is 15.4 Å². The van der Waals surface area contributed by atoms with Gasteiger partial charge in [0.15, 0.2) is 0 Å². The largest absolute Gasteiger partial charge is 0.475 e. The van der Waals surface area contributed by atoms with E-state index in [1.165, 1.54) is 6.33 Å². The zero-order chi connectivity index (χ0) is 19.7. The number of benzene rings is 2. The third-order valence-electron chi connectivity index (χ3n) is 4.72. The van der Waals surface area contributed by atoms with E-state index in [0.717, 1.165) is 16.7 Å². The van der Waals surface area contributed by atoms with Gasteiger partial charge in [-0.1, -0.05) is 24.3 Å². The van der Waals surface area contributed by atoms with Crippen molar-refractivity contribution in [2.45, 2.75) is 6.92 Å². The Morgan fingerprint density at radius 2 is 1.93 bits per heavy atom. The van der Waals surface area contributed by atoms with Gasteiger partial charge in [-0.15, -0.1) is 0 Å². The highest BCUT2D eigenvalue weighted by Gasteiger charge is 2.28. The van der Waals surface area contributed by atoms with Gasteiger partial charge < -0.3 is 15.4 Å². The molecule has 1 aromatic heterocycles. The van der Waals surface area contributed by atoms with Gasteiger partial charge in [-0.3, -0.25) is 4.79 Å². The van der Waals surface area contributed by atoms with E-state index >= 15 is 0 Å². The first kappa shape index (κ1) is 17.5. The number of carbonyl (C=O) groups is 1. The highest BCUT2D eigenvalue weighted by molar-refractivity contribution is 6.10. The van der Waals surface area contributed by atoms with Crippen LogP contribution in [-0.2, 0) is 0 Å². The Morgan fingerprint density at radius 3 is 2.68 bits per heavy atom. The van der Waals surface area contributed by atoms with Crippen LogP contribution in [0.3, 0.4) is 0 Å². The quantitative estimate of drug-likeness (QED) is 0.742. The number of nitrogen functional groups attached to an aromatic ring is 1. The number of carbonyl (C=O) groups excluding carboxylic acids is 1. The lowest BCUT2D eigenvalue weighted by molar-refractivity contribution is 0.0990. The molecule has 7 nitrogen and oxygen atoms in total. The summed E-state index contributed by atoms with van der Waals surface area (Å²) < 4.78 is 5.56. The van der Waals surface area contributed by atoms with Crippen LogP contribution >= 0.6 is 0 Å².